The summed E-state index contributed by atoms with van der Waals surface area (Å²) in [6.45, 7) is 8.44. The quantitative estimate of drug-likeness (QED) is 0.516. The topological polar surface area (TPSA) is 26.0 Å². The molecule has 0 aliphatic carbocycles. The molecule has 0 amide bonds. The standard InChI is InChI=1S/C6H15N.FH/c1-5(7)6(2,3)4;/h5H,7H2,1-4H3;1H. The Bertz CT molecular complexity index is 54.0. The van der Waals surface area contributed by atoms with E-state index in [1.54, 1.807) is 0 Å². The van der Waals surface area contributed by atoms with Gasteiger partial charge in [0.25, 0.3) is 0 Å². The Morgan fingerprint density at radius 2 is 1.38 bits per heavy atom. The predicted molar refractivity (Wildman–Crippen MR) is 35.6 cm³/mol. The van der Waals surface area contributed by atoms with Crippen molar-refractivity contribution in [3.05, 3.63) is 0 Å². The van der Waals surface area contributed by atoms with Crippen LogP contribution in [0.4, 0.5) is 4.70 Å². The van der Waals surface area contributed by atoms with E-state index in [0.717, 1.165) is 0 Å². The lowest BCUT2D eigenvalue weighted by molar-refractivity contribution is 0.340. The van der Waals surface area contributed by atoms with Gasteiger partial charge in [-0.25, -0.2) is 0 Å². The van der Waals surface area contributed by atoms with Gasteiger partial charge in [0.2, 0.25) is 0 Å². The monoisotopic (exact) mass is 121 g/mol. The fourth-order valence-electron chi connectivity index (χ4n) is 0. The van der Waals surface area contributed by atoms with E-state index >= 15 is 0 Å². The van der Waals surface area contributed by atoms with Crippen molar-refractivity contribution in [1.82, 2.24) is 0 Å². The van der Waals surface area contributed by atoms with Crippen LogP contribution in [-0.2, 0) is 0 Å². The second-order valence-electron chi connectivity index (χ2n) is 3.15. The minimum absolute atomic E-state index is 0. The molecule has 0 radical (unpaired) electrons. The summed E-state index contributed by atoms with van der Waals surface area (Å²) in [7, 11) is 0. The summed E-state index contributed by atoms with van der Waals surface area (Å²) in [5, 5.41) is 0. The van der Waals surface area contributed by atoms with E-state index in [4.69, 9.17) is 5.73 Å². The summed E-state index contributed by atoms with van der Waals surface area (Å²) in [6.07, 6.45) is 0. The van der Waals surface area contributed by atoms with Gasteiger partial charge in [0.05, 0.1) is 0 Å². The fourth-order valence-corrected chi connectivity index (χ4v) is 0. The number of hydrogen-bond acceptors (Lipinski definition) is 1. The van der Waals surface area contributed by atoms with Gasteiger partial charge in [-0.1, -0.05) is 20.8 Å². The van der Waals surface area contributed by atoms with Gasteiger partial charge in [-0.05, 0) is 12.3 Å². The fraction of sp³-hybridized carbons (Fsp3) is 1.00. The van der Waals surface area contributed by atoms with E-state index in [-0.39, 0.29) is 10.1 Å². The SMILES string of the molecule is CC(N)C(C)(C)C.F. The molecule has 0 spiro atoms. The van der Waals surface area contributed by atoms with Gasteiger partial charge in [-0.3, -0.25) is 4.70 Å². The summed E-state index contributed by atoms with van der Waals surface area (Å²) in [6, 6.07) is 0.299. The highest BCUT2D eigenvalue weighted by Gasteiger charge is 2.14. The summed E-state index contributed by atoms with van der Waals surface area (Å²) < 4.78 is 0. The summed E-state index contributed by atoms with van der Waals surface area (Å²) in [4.78, 5) is 0. The predicted octanol–water partition coefficient (Wildman–Crippen LogP) is 1.53. The highest BCUT2D eigenvalue weighted by atomic mass is 19.0. The highest BCUT2D eigenvalue weighted by molar-refractivity contribution is 4.70. The zero-order chi connectivity index (χ0) is 6.08. The Balaban J connectivity index is 0. The average molecular weight is 121 g/mol. The van der Waals surface area contributed by atoms with Crippen LogP contribution in [0.15, 0.2) is 0 Å². The van der Waals surface area contributed by atoms with Gasteiger partial charge >= 0.3 is 0 Å². The smallest absolute Gasteiger partial charge is 0.00591 e. The Morgan fingerprint density at radius 3 is 1.38 bits per heavy atom. The minimum Gasteiger partial charge on any atom is -0.327 e. The lowest BCUT2D eigenvalue weighted by Crippen LogP contribution is -2.31. The molecule has 0 aliphatic rings. The van der Waals surface area contributed by atoms with Gasteiger partial charge in [0.15, 0.2) is 0 Å². The third kappa shape index (κ3) is 4.06. The van der Waals surface area contributed by atoms with Crippen LogP contribution in [0.3, 0.4) is 0 Å². The largest absolute Gasteiger partial charge is 0.327 e. The molecule has 0 saturated carbocycles. The van der Waals surface area contributed by atoms with E-state index in [9.17, 15) is 0 Å². The van der Waals surface area contributed by atoms with Gasteiger partial charge < -0.3 is 5.73 Å². The normalized spacial score (nSPS) is 14.6. The van der Waals surface area contributed by atoms with Crippen molar-refractivity contribution in [2.24, 2.45) is 11.1 Å². The Labute approximate surface area is 50.6 Å². The van der Waals surface area contributed by atoms with Crippen LogP contribution in [0, 0.1) is 5.41 Å². The van der Waals surface area contributed by atoms with Crippen molar-refractivity contribution < 1.29 is 4.70 Å². The van der Waals surface area contributed by atoms with E-state index in [0.29, 0.717) is 6.04 Å². The highest BCUT2D eigenvalue weighted by Crippen LogP contribution is 2.15. The number of rotatable bonds is 0. The van der Waals surface area contributed by atoms with Crippen LogP contribution < -0.4 is 5.73 Å². The average Bonchev–Trinajstić information content (AvgIpc) is 1.31. The maximum absolute atomic E-state index is 5.57. The molecule has 1 nitrogen and oxygen atoms in total. The zero-order valence-electron chi connectivity index (χ0n) is 6.06. The molecule has 0 aromatic carbocycles. The van der Waals surface area contributed by atoms with Crippen LogP contribution in [0.1, 0.15) is 27.7 Å². The summed E-state index contributed by atoms with van der Waals surface area (Å²) >= 11 is 0. The first-order valence-electron chi connectivity index (χ1n) is 2.70. The Morgan fingerprint density at radius 1 is 1.25 bits per heavy atom. The molecule has 0 bridgehead atoms. The van der Waals surface area contributed by atoms with Crippen LogP contribution in [-0.4, -0.2) is 6.04 Å². The first-order chi connectivity index (χ1) is 2.94. The van der Waals surface area contributed by atoms with Crippen molar-refractivity contribution >= 4 is 0 Å². The van der Waals surface area contributed by atoms with Crippen molar-refractivity contribution in [2.75, 3.05) is 0 Å². The molecular weight excluding hydrogens is 105 g/mol. The summed E-state index contributed by atoms with van der Waals surface area (Å²) in [5.41, 5.74) is 5.85. The first kappa shape index (κ1) is 10.8. The molecule has 8 heavy (non-hydrogen) atoms. The number of nitrogens with two attached hydrogens (primary N) is 1. The van der Waals surface area contributed by atoms with E-state index in [2.05, 4.69) is 20.8 Å². The molecule has 0 rings (SSSR count). The molecule has 2 heteroatoms. The van der Waals surface area contributed by atoms with Crippen molar-refractivity contribution in [1.29, 1.82) is 0 Å². The maximum atomic E-state index is 5.57. The molecule has 0 saturated heterocycles. The van der Waals surface area contributed by atoms with Gasteiger partial charge in [-0.2, -0.15) is 0 Å². The Hall–Kier alpha value is -0.110. The third-order valence-corrected chi connectivity index (χ3v) is 1.37. The molecule has 1 unspecified atom stereocenters. The second-order valence-corrected chi connectivity index (χ2v) is 3.15. The zero-order valence-corrected chi connectivity index (χ0v) is 6.06. The lowest BCUT2D eigenvalue weighted by atomic mass is 9.89. The number of halogens is 1. The van der Waals surface area contributed by atoms with Crippen LogP contribution in [0.25, 0.3) is 0 Å². The molecule has 1 atom stereocenters. The van der Waals surface area contributed by atoms with Crippen LogP contribution in [0.5, 0.6) is 0 Å². The van der Waals surface area contributed by atoms with Crippen molar-refractivity contribution in [3.8, 4) is 0 Å². The molecule has 52 valence electrons. The molecule has 0 aliphatic heterocycles. The minimum atomic E-state index is 0. The van der Waals surface area contributed by atoms with Crippen molar-refractivity contribution in [3.63, 3.8) is 0 Å². The molecule has 0 aromatic heterocycles. The Kier molecular flexibility index (Phi) is 4.08. The van der Waals surface area contributed by atoms with Gasteiger partial charge in [-0.15, -0.1) is 0 Å². The molecular formula is C6H16FN. The van der Waals surface area contributed by atoms with Crippen LogP contribution >= 0.6 is 0 Å². The molecule has 0 aromatic rings. The first-order valence-corrected chi connectivity index (χ1v) is 2.70. The van der Waals surface area contributed by atoms with E-state index < -0.39 is 0 Å². The van der Waals surface area contributed by atoms with E-state index in [1.807, 2.05) is 6.92 Å². The van der Waals surface area contributed by atoms with Gasteiger partial charge in [0, 0.05) is 6.04 Å². The van der Waals surface area contributed by atoms with Crippen LogP contribution in [0.2, 0.25) is 0 Å². The second kappa shape index (κ2) is 3.02. The lowest BCUT2D eigenvalue weighted by Gasteiger charge is -2.22. The molecule has 2 N–H and O–H groups in total. The summed E-state index contributed by atoms with van der Waals surface area (Å²) in [5.74, 6) is 0. The van der Waals surface area contributed by atoms with Gasteiger partial charge in [0.1, 0.15) is 0 Å². The molecule has 0 heterocycles. The third-order valence-electron chi connectivity index (χ3n) is 1.37. The maximum Gasteiger partial charge on any atom is 0.00591 e. The molecule has 0 fully saturated rings. The van der Waals surface area contributed by atoms with E-state index in [1.165, 1.54) is 0 Å². The number of hydrogen-bond donors (Lipinski definition) is 1. The van der Waals surface area contributed by atoms with Crippen molar-refractivity contribution in [2.45, 2.75) is 33.7 Å².